The Bertz CT molecular complexity index is 873. The quantitative estimate of drug-likeness (QED) is 0.590. The van der Waals surface area contributed by atoms with Crippen molar-refractivity contribution in [3.63, 3.8) is 0 Å². The average molecular weight is 434 g/mol. The lowest BCUT2D eigenvalue weighted by Gasteiger charge is -2.27. The molecular formula is C23H28ClNO5. The first-order valence-electron chi connectivity index (χ1n) is 10.1. The number of aryl methyl sites for hydroxylation is 1. The number of halogens is 1. The van der Waals surface area contributed by atoms with Crippen molar-refractivity contribution < 1.29 is 24.1 Å². The molecule has 0 aliphatic heterocycles. The second kappa shape index (κ2) is 10.7. The molecular weight excluding hydrogens is 406 g/mol. The maximum absolute atomic E-state index is 11.5. The fraction of sp³-hybridized carbons (Fsp3) is 0.435. The second-order valence-electron chi connectivity index (χ2n) is 7.28. The number of carbonyl (C=O) groups is 1. The number of aliphatic hydroxyl groups is 1. The number of benzene rings is 2. The van der Waals surface area contributed by atoms with E-state index in [9.17, 15) is 9.90 Å². The van der Waals surface area contributed by atoms with Crippen LogP contribution in [0.15, 0.2) is 36.4 Å². The van der Waals surface area contributed by atoms with Crippen molar-refractivity contribution in [2.24, 2.45) is 0 Å². The third kappa shape index (κ3) is 5.88. The molecule has 30 heavy (non-hydrogen) atoms. The van der Waals surface area contributed by atoms with Crippen molar-refractivity contribution in [2.45, 2.75) is 38.3 Å². The summed E-state index contributed by atoms with van der Waals surface area (Å²) < 4.78 is 15.6. The van der Waals surface area contributed by atoms with Gasteiger partial charge >= 0.3 is 5.97 Å². The lowest BCUT2D eigenvalue weighted by Crippen LogP contribution is -2.37. The van der Waals surface area contributed by atoms with E-state index in [0.717, 1.165) is 24.8 Å². The largest absolute Gasteiger partial charge is 0.495 e. The van der Waals surface area contributed by atoms with E-state index >= 15 is 0 Å². The van der Waals surface area contributed by atoms with Gasteiger partial charge in [-0.15, -0.1) is 0 Å². The fourth-order valence-corrected chi connectivity index (χ4v) is 3.89. The van der Waals surface area contributed by atoms with Gasteiger partial charge in [0.1, 0.15) is 11.5 Å². The number of rotatable bonds is 9. The topological polar surface area (TPSA) is 77.0 Å². The molecule has 2 N–H and O–H groups in total. The van der Waals surface area contributed by atoms with Gasteiger partial charge in [-0.3, -0.25) is 0 Å². The number of carbonyl (C=O) groups excluding carboxylic acids is 1. The number of fused-ring (bicyclic) bond motifs is 1. The van der Waals surface area contributed by atoms with Crippen molar-refractivity contribution in [1.29, 1.82) is 0 Å². The molecule has 0 aromatic heterocycles. The Hall–Kier alpha value is -2.28. The Morgan fingerprint density at radius 2 is 2.10 bits per heavy atom. The molecule has 1 aliphatic carbocycles. The Morgan fingerprint density at radius 3 is 2.83 bits per heavy atom. The first-order chi connectivity index (χ1) is 14.5. The summed E-state index contributed by atoms with van der Waals surface area (Å²) >= 11 is 6.16. The molecule has 0 saturated carbocycles. The van der Waals surface area contributed by atoms with E-state index in [0.29, 0.717) is 29.7 Å². The number of methoxy groups -OCH3 is 1. The van der Waals surface area contributed by atoms with E-state index in [4.69, 9.17) is 25.8 Å². The molecule has 0 amide bonds. The van der Waals surface area contributed by atoms with Gasteiger partial charge in [-0.1, -0.05) is 23.7 Å². The molecule has 1 unspecified atom stereocenters. The molecule has 2 atom stereocenters. The van der Waals surface area contributed by atoms with Crippen molar-refractivity contribution >= 4 is 17.6 Å². The van der Waals surface area contributed by atoms with E-state index in [1.54, 1.807) is 26.2 Å². The van der Waals surface area contributed by atoms with Gasteiger partial charge in [-0.25, -0.2) is 4.79 Å². The van der Waals surface area contributed by atoms with Crippen LogP contribution in [0.2, 0.25) is 5.02 Å². The van der Waals surface area contributed by atoms with Gasteiger partial charge in [-0.2, -0.15) is 0 Å². The number of hydrogen-bond acceptors (Lipinski definition) is 6. The summed E-state index contributed by atoms with van der Waals surface area (Å²) in [6, 6.07) is 11.5. The first kappa shape index (κ1) is 22.4. The van der Waals surface area contributed by atoms with Crippen LogP contribution in [0.4, 0.5) is 0 Å². The van der Waals surface area contributed by atoms with Crippen LogP contribution >= 0.6 is 11.6 Å². The van der Waals surface area contributed by atoms with Gasteiger partial charge < -0.3 is 24.6 Å². The van der Waals surface area contributed by atoms with E-state index in [2.05, 4.69) is 11.4 Å². The van der Waals surface area contributed by atoms with Crippen LogP contribution in [0.25, 0.3) is 0 Å². The van der Waals surface area contributed by atoms with Crippen LogP contribution < -0.4 is 14.8 Å². The third-order valence-corrected chi connectivity index (χ3v) is 5.52. The number of ether oxygens (including phenoxy) is 3. The Balaban J connectivity index is 1.54. The van der Waals surface area contributed by atoms with Crippen LogP contribution in [0.3, 0.4) is 0 Å². The highest BCUT2D eigenvalue weighted by molar-refractivity contribution is 6.32. The highest BCUT2D eigenvalue weighted by Crippen LogP contribution is 2.28. The molecule has 6 nitrogen and oxygen atoms in total. The average Bonchev–Trinajstić information content (AvgIpc) is 2.75. The maximum atomic E-state index is 11.5. The lowest BCUT2D eigenvalue weighted by atomic mass is 9.88. The summed E-state index contributed by atoms with van der Waals surface area (Å²) in [5.74, 6) is 0.878. The third-order valence-electron chi connectivity index (χ3n) is 5.23. The summed E-state index contributed by atoms with van der Waals surface area (Å²) in [5.41, 5.74) is 3.24. The van der Waals surface area contributed by atoms with E-state index in [1.165, 1.54) is 11.1 Å². The molecule has 0 spiro atoms. The van der Waals surface area contributed by atoms with Crippen LogP contribution in [-0.4, -0.2) is 44.0 Å². The normalized spacial score (nSPS) is 16.5. The number of hydrogen-bond donors (Lipinski definition) is 2. The predicted molar refractivity (Wildman–Crippen MR) is 115 cm³/mol. The van der Waals surface area contributed by atoms with Crippen molar-refractivity contribution in [1.82, 2.24) is 5.32 Å². The maximum Gasteiger partial charge on any atom is 0.344 e. The molecule has 7 heteroatoms. The Morgan fingerprint density at radius 1 is 1.27 bits per heavy atom. The molecule has 0 radical (unpaired) electrons. The van der Waals surface area contributed by atoms with Gasteiger partial charge in [0, 0.05) is 12.6 Å². The number of nitrogens with one attached hydrogen (secondary N) is 1. The van der Waals surface area contributed by atoms with Crippen LogP contribution in [0, 0.1) is 0 Å². The molecule has 2 aromatic rings. The van der Waals surface area contributed by atoms with Crippen molar-refractivity contribution in [3.05, 3.63) is 58.1 Å². The Kier molecular flexibility index (Phi) is 7.96. The minimum atomic E-state index is -0.658. The first-order valence-corrected chi connectivity index (χ1v) is 10.5. The van der Waals surface area contributed by atoms with Gasteiger partial charge in [0.25, 0.3) is 0 Å². The fourth-order valence-electron chi connectivity index (χ4n) is 3.63. The SMILES string of the molecule is CCOC(=O)COc1ccc2c(c1)CC(NC[C@@H](O)c1ccc(OC)c(Cl)c1)CC2. The smallest absolute Gasteiger partial charge is 0.344 e. The van der Waals surface area contributed by atoms with Crippen molar-refractivity contribution in [2.75, 3.05) is 26.9 Å². The second-order valence-corrected chi connectivity index (χ2v) is 7.69. The van der Waals surface area contributed by atoms with Crippen molar-refractivity contribution in [3.8, 4) is 11.5 Å². The zero-order chi connectivity index (χ0) is 21.5. The van der Waals surface area contributed by atoms with Crippen LogP contribution in [-0.2, 0) is 22.4 Å². The Labute approximate surface area is 182 Å². The summed E-state index contributed by atoms with van der Waals surface area (Å²) in [4.78, 5) is 11.5. The van der Waals surface area contributed by atoms with Gasteiger partial charge in [0.15, 0.2) is 6.61 Å². The summed E-state index contributed by atoms with van der Waals surface area (Å²) in [6.07, 6.45) is 2.12. The summed E-state index contributed by atoms with van der Waals surface area (Å²) in [5, 5.41) is 14.5. The molecule has 162 valence electrons. The minimum absolute atomic E-state index is 0.0923. The molecule has 0 saturated heterocycles. The monoisotopic (exact) mass is 433 g/mol. The molecule has 0 fully saturated rings. The lowest BCUT2D eigenvalue weighted by molar-refractivity contribution is -0.145. The van der Waals surface area contributed by atoms with Crippen LogP contribution in [0.5, 0.6) is 11.5 Å². The van der Waals surface area contributed by atoms with E-state index in [-0.39, 0.29) is 18.6 Å². The standard InChI is InChI=1S/C23H28ClNO5/c1-3-29-23(27)14-30-19-8-5-15-4-7-18(10-17(15)11-19)25-13-21(26)16-6-9-22(28-2)20(24)12-16/h5-6,8-9,11-12,18,21,25-26H,3-4,7,10,13-14H2,1-2H3/t18?,21-/m1/s1. The van der Waals surface area contributed by atoms with Gasteiger partial charge in [-0.05, 0) is 67.1 Å². The molecule has 1 aliphatic rings. The molecule has 3 rings (SSSR count). The molecule has 0 heterocycles. The summed E-state index contributed by atoms with van der Waals surface area (Å²) in [6.45, 7) is 2.45. The highest BCUT2D eigenvalue weighted by Gasteiger charge is 2.20. The number of esters is 1. The van der Waals surface area contributed by atoms with Crippen LogP contribution in [0.1, 0.15) is 36.1 Å². The zero-order valence-electron chi connectivity index (χ0n) is 17.3. The number of aliphatic hydroxyl groups excluding tert-OH is 1. The predicted octanol–water partition coefficient (Wildman–Crippen LogP) is 3.47. The van der Waals surface area contributed by atoms with Gasteiger partial charge in [0.05, 0.1) is 24.8 Å². The van der Waals surface area contributed by atoms with E-state index in [1.807, 2.05) is 18.2 Å². The molecule has 2 aromatic carbocycles. The highest BCUT2D eigenvalue weighted by atomic mass is 35.5. The minimum Gasteiger partial charge on any atom is -0.495 e. The molecule has 0 bridgehead atoms. The van der Waals surface area contributed by atoms with Gasteiger partial charge in [0.2, 0.25) is 0 Å². The zero-order valence-corrected chi connectivity index (χ0v) is 18.1. The summed E-state index contributed by atoms with van der Waals surface area (Å²) in [7, 11) is 1.56. The van der Waals surface area contributed by atoms with E-state index < -0.39 is 6.10 Å².